The quantitative estimate of drug-likeness (QED) is 0.877. The van der Waals surface area contributed by atoms with Gasteiger partial charge >= 0.3 is 0 Å². The summed E-state index contributed by atoms with van der Waals surface area (Å²) in [7, 11) is -3.32. The Morgan fingerprint density at radius 3 is 2.85 bits per heavy atom. The molecule has 0 aromatic carbocycles. The fourth-order valence-electron chi connectivity index (χ4n) is 2.58. The van der Waals surface area contributed by atoms with E-state index in [1.54, 1.807) is 10.4 Å². The average Bonchev–Trinajstić information content (AvgIpc) is 3.05. The zero-order valence-corrected chi connectivity index (χ0v) is 14.1. The van der Waals surface area contributed by atoms with Crippen LogP contribution in [-0.4, -0.2) is 32.4 Å². The van der Waals surface area contributed by atoms with Gasteiger partial charge in [0.15, 0.2) is 0 Å². The fourth-order valence-corrected chi connectivity index (χ4v) is 5.48. The van der Waals surface area contributed by atoms with Crippen LogP contribution in [0.5, 0.6) is 0 Å². The van der Waals surface area contributed by atoms with E-state index in [2.05, 4.69) is 19.2 Å². The van der Waals surface area contributed by atoms with Gasteiger partial charge in [0.1, 0.15) is 0 Å². The van der Waals surface area contributed by atoms with Crippen LogP contribution >= 0.6 is 11.3 Å². The molecular weight excluding hydrogens is 292 g/mol. The molecule has 4 nitrogen and oxygen atoms in total. The molecule has 1 N–H and O–H groups in total. The van der Waals surface area contributed by atoms with Crippen molar-refractivity contribution in [3.05, 3.63) is 16.3 Å². The Labute approximate surface area is 126 Å². The van der Waals surface area contributed by atoms with E-state index in [9.17, 15) is 8.42 Å². The van der Waals surface area contributed by atoms with Gasteiger partial charge in [-0.2, -0.15) is 4.31 Å². The first-order valence-corrected chi connectivity index (χ1v) is 9.56. The number of hydrogen-bond acceptors (Lipinski definition) is 4. The number of rotatable bonds is 6. The molecule has 1 fully saturated rings. The Balaban J connectivity index is 2.17. The Hall–Kier alpha value is -0.430. The van der Waals surface area contributed by atoms with Gasteiger partial charge in [-0.15, -0.1) is 11.3 Å². The number of nitrogens with zero attached hydrogens (tertiary/aromatic N) is 1. The summed E-state index contributed by atoms with van der Waals surface area (Å²) in [5, 5.41) is 5.08. The normalized spacial score (nSPS) is 20.9. The summed E-state index contributed by atoms with van der Waals surface area (Å²) < 4.78 is 27.2. The first-order valence-electron chi connectivity index (χ1n) is 7.24. The molecule has 0 saturated carbocycles. The van der Waals surface area contributed by atoms with Gasteiger partial charge in [0, 0.05) is 24.5 Å². The standard InChI is InChI=1S/C14H24N2O2S2/c1-4-15-9-13-14(6-8-19-13)20(17,18)16-7-5-12(10-16)11(2)3/h6,8,11-12,15H,4-5,7,9-10H2,1-3H3. The first kappa shape index (κ1) is 15.9. The number of hydrogen-bond donors (Lipinski definition) is 1. The van der Waals surface area contributed by atoms with Gasteiger partial charge in [0.2, 0.25) is 10.0 Å². The third-order valence-electron chi connectivity index (χ3n) is 3.99. The van der Waals surface area contributed by atoms with Crippen molar-refractivity contribution in [2.24, 2.45) is 11.8 Å². The largest absolute Gasteiger partial charge is 0.312 e. The number of sulfonamides is 1. The van der Waals surface area contributed by atoms with Crippen molar-refractivity contribution >= 4 is 21.4 Å². The van der Waals surface area contributed by atoms with E-state index in [0.29, 0.717) is 36.4 Å². The molecular formula is C14H24N2O2S2. The fraction of sp³-hybridized carbons (Fsp3) is 0.714. The van der Waals surface area contributed by atoms with E-state index >= 15 is 0 Å². The van der Waals surface area contributed by atoms with E-state index in [-0.39, 0.29) is 0 Å². The summed E-state index contributed by atoms with van der Waals surface area (Å²) in [6.07, 6.45) is 0.976. The second-order valence-electron chi connectivity index (χ2n) is 5.64. The third kappa shape index (κ3) is 3.24. The molecule has 1 atom stereocenters. The van der Waals surface area contributed by atoms with Crippen molar-refractivity contribution in [2.75, 3.05) is 19.6 Å². The smallest absolute Gasteiger partial charge is 0.244 e. The molecule has 1 aliphatic rings. The molecule has 0 bridgehead atoms. The zero-order chi connectivity index (χ0) is 14.8. The summed E-state index contributed by atoms with van der Waals surface area (Å²) in [5.74, 6) is 1.03. The number of thiophene rings is 1. The lowest BCUT2D eigenvalue weighted by atomic mass is 9.96. The SMILES string of the molecule is CCNCc1sccc1S(=O)(=O)N1CCC(C(C)C)C1. The van der Waals surface area contributed by atoms with Gasteiger partial charge in [-0.1, -0.05) is 20.8 Å². The topological polar surface area (TPSA) is 49.4 Å². The van der Waals surface area contributed by atoms with Crippen LogP contribution in [0.4, 0.5) is 0 Å². The molecule has 2 heterocycles. The van der Waals surface area contributed by atoms with Crippen LogP contribution in [0.3, 0.4) is 0 Å². The molecule has 1 aromatic heterocycles. The van der Waals surface area contributed by atoms with Crippen molar-refractivity contribution in [1.82, 2.24) is 9.62 Å². The minimum absolute atomic E-state index is 0.487. The van der Waals surface area contributed by atoms with E-state index in [1.165, 1.54) is 11.3 Å². The van der Waals surface area contributed by atoms with Crippen LogP contribution in [0, 0.1) is 11.8 Å². The average molecular weight is 316 g/mol. The molecule has 0 spiro atoms. The van der Waals surface area contributed by atoms with Crippen LogP contribution in [0.25, 0.3) is 0 Å². The molecule has 1 unspecified atom stereocenters. The Kier molecular flexibility index (Phi) is 5.23. The zero-order valence-electron chi connectivity index (χ0n) is 12.4. The van der Waals surface area contributed by atoms with Crippen molar-refractivity contribution < 1.29 is 8.42 Å². The van der Waals surface area contributed by atoms with Crippen LogP contribution < -0.4 is 5.32 Å². The molecule has 0 aliphatic carbocycles. The van der Waals surface area contributed by atoms with Crippen LogP contribution in [-0.2, 0) is 16.6 Å². The highest BCUT2D eigenvalue weighted by molar-refractivity contribution is 7.89. The Morgan fingerprint density at radius 2 is 2.25 bits per heavy atom. The molecule has 1 saturated heterocycles. The van der Waals surface area contributed by atoms with Gasteiger partial charge < -0.3 is 5.32 Å². The highest BCUT2D eigenvalue weighted by Gasteiger charge is 2.35. The van der Waals surface area contributed by atoms with Crippen molar-refractivity contribution in [3.63, 3.8) is 0 Å². The lowest BCUT2D eigenvalue weighted by Crippen LogP contribution is -2.30. The molecule has 1 aliphatic heterocycles. The predicted molar refractivity (Wildman–Crippen MR) is 83.4 cm³/mol. The maximum Gasteiger partial charge on any atom is 0.244 e. The van der Waals surface area contributed by atoms with Gasteiger partial charge in [0.25, 0.3) is 0 Å². The van der Waals surface area contributed by atoms with Crippen molar-refractivity contribution in [2.45, 2.75) is 38.6 Å². The molecule has 0 radical (unpaired) electrons. The van der Waals surface area contributed by atoms with Crippen LogP contribution in [0.2, 0.25) is 0 Å². The van der Waals surface area contributed by atoms with Gasteiger partial charge in [-0.05, 0) is 36.2 Å². The lowest BCUT2D eigenvalue weighted by Gasteiger charge is -2.18. The summed E-state index contributed by atoms with van der Waals surface area (Å²) in [6.45, 7) is 9.15. The number of nitrogens with one attached hydrogen (secondary N) is 1. The van der Waals surface area contributed by atoms with Crippen molar-refractivity contribution in [3.8, 4) is 0 Å². The molecule has 114 valence electrons. The molecule has 20 heavy (non-hydrogen) atoms. The molecule has 2 rings (SSSR count). The maximum absolute atomic E-state index is 12.8. The van der Waals surface area contributed by atoms with E-state index in [1.807, 2.05) is 12.3 Å². The first-order chi connectivity index (χ1) is 9.46. The molecule has 6 heteroatoms. The van der Waals surface area contributed by atoms with E-state index in [0.717, 1.165) is 17.8 Å². The minimum Gasteiger partial charge on any atom is -0.312 e. The van der Waals surface area contributed by atoms with E-state index in [4.69, 9.17) is 0 Å². The van der Waals surface area contributed by atoms with Crippen molar-refractivity contribution in [1.29, 1.82) is 0 Å². The highest BCUT2D eigenvalue weighted by Crippen LogP contribution is 2.31. The summed E-state index contributed by atoms with van der Waals surface area (Å²) in [4.78, 5) is 1.41. The Bertz CT molecular complexity index is 537. The van der Waals surface area contributed by atoms with E-state index < -0.39 is 10.0 Å². The molecule has 1 aromatic rings. The minimum atomic E-state index is -3.32. The maximum atomic E-state index is 12.8. The van der Waals surface area contributed by atoms with Gasteiger partial charge in [0.05, 0.1) is 4.90 Å². The monoisotopic (exact) mass is 316 g/mol. The van der Waals surface area contributed by atoms with Gasteiger partial charge in [-0.25, -0.2) is 8.42 Å². The second kappa shape index (κ2) is 6.56. The Morgan fingerprint density at radius 1 is 1.50 bits per heavy atom. The predicted octanol–water partition coefficient (Wildman–Crippen LogP) is 2.52. The lowest BCUT2D eigenvalue weighted by molar-refractivity contribution is 0.388. The second-order valence-corrected chi connectivity index (χ2v) is 8.55. The van der Waals surface area contributed by atoms with Crippen LogP contribution in [0.15, 0.2) is 16.3 Å². The summed E-state index contributed by atoms with van der Waals surface area (Å²) in [6, 6.07) is 1.75. The third-order valence-corrected chi connectivity index (χ3v) is 6.99. The highest BCUT2D eigenvalue weighted by atomic mass is 32.2. The van der Waals surface area contributed by atoms with Crippen LogP contribution in [0.1, 0.15) is 32.1 Å². The molecule has 0 amide bonds. The summed E-state index contributed by atoms with van der Waals surface area (Å²) in [5.41, 5.74) is 0. The van der Waals surface area contributed by atoms with Gasteiger partial charge in [-0.3, -0.25) is 0 Å². The summed E-state index contributed by atoms with van der Waals surface area (Å²) >= 11 is 1.51.